The van der Waals surface area contributed by atoms with Crippen LogP contribution in [0.5, 0.6) is 5.75 Å². The Labute approximate surface area is 163 Å². The molecule has 0 aliphatic rings. The van der Waals surface area contributed by atoms with Crippen LogP contribution in [0.2, 0.25) is 0 Å². The number of carbonyl (C=O) groups is 2. The first-order chi connectivity index (χ1) is 13.6. The number of ether oxygens (including phenoxy) is 1. The zero-order chi connectivity index (χ0) is 19.9. The number of carbonyl (C=O) groups excluding carboxylic acids is 2. The summed E-state index contributed by atoms with van der Waals surface area (Å²) in [6, 6.07) is 14.2. The normalized spacial score (nSPS) is 10.6. The van der Waals surface area contributed by atoms with E-state index in [9.17, 15) is 9.59 Å². The first-order valence-electron chi connectivity index (χ1n) is 9.38. The number of methoxy groups -OCH3 is 1. The third kappa shape index (κ3) is 4.71. The molecule has 0 saturated heterocycles. The number of nitrogens with one attached hydrogen (secondary N) is 2. The monoisotopic (exact) mass is 380 g/mol. The fourth-order valence-electron chi connectivity index (χ4n) is 2.91. The first-order valence-corrected chi connectivity index (χ1v) is 9.38. The SMILES string of the molecule is CCCCCC(=O)Nc1ccc(NC(=O)c2cc3ccccc3o2)c(OC)c1. The smallest absolute Gasteiger partial charge is 0.291 e. The highest BCUT2D eigenvalue weighted by Gasteiger charge is 2.15. The van der Waals surface area contributed by atoms with Gasteiger partial charge in [-0.15, -0.1) is 0 Å². The summed E-state index contributed by atoms with van der Waals surface area (Å²) >= 11 is 0. The van der Waals surface area contributed by atoms with Crippen molar-refractivity contribution in [3.05, 3.63) is 54.3 Å². The molecule has 2 aromatic carbocycles. The molecule has 1 heterocycles. The molecule has 0 aliphatic carbocycles. The molecule has 0 atom stereocenters. The van der Waals surface area contributed by atoms with Gasteiger partial charge in [0, 0.05) is 23.6 Å². The van der Waals surface area contributed by atoms with Crippen LogP contribution < -0.4 is 15.4 Å². The van der Waals surface area contributed by atoms with E-state index < -0.39 is 0 Å². The predicted octanol–water partition coefficient (Wildman–Crippen LogP) is 5.21. The second kappa shape index (κ2) is 9.08. The van der Waals surface area contributed by atoms with Gasteiger partial charge in [-0.05, 0) is 30.7 Å². The molecule has 0 saturated carbocycles. The van der Waals surface area contributed by atoms with E-state index in [0.29, 0.717) is 29.1 Å². The number of anilines is 2. The topological polar surface area (TPSA) is 80.6 Å². The van der Waals surface area contributed by atoms with E-state index in [1.807, 2.05) is 24.3 Å². The molecular formula is C22H24N2O4. The van der Waals surface area contributed by atoms with Crippen molar-refractivity contribution in [1.29, 1.82) is 0 Å². The largest absolute Gasteiger partial charge is 0.494 e. The van der Waals surface area contributed by atoms with Crippen LogP contribution in [0.3, 0.4) is 0 Å². The van der Waals surface area contributed by atoms with Gasteiger partial charge in [0.05, 0.1) is 12.8 Å². The number of rotatable bonds is 8. The Balaban J connectivity index is 1.69. The van der Waals surface area contributed by atoms with Gasteiger partial charge < -0.3 is 19.8 Å². The van der Waals surface area contributed by atoms with E-state index >= 15 is 0 Å². The lowest BCUT2D eigenvalue weighted by atomic mass is 10.2. The first kappa shape index (κ1) is 19.5. The van der Waals surface area contributed by atoms with Crippen LogP contribution in [0.25, 0.3) is 11.0 Å². The molecule has 2 amide bonds. The van der Waals surface area contributed by atoms with Gasteiger partial charge in [0.1, 0.15) is 11.3 Å². The fourth-order valence-corrected chi connectivity index (χ4v) is 2.91. The number of hydrogen-bond donors (Lipinski definition) is 2. The highest BCUT2D eigenvalue weighted by Crippen LogP contribution is 2.29. The zero-order valence-electron chi connectivity index (χ0n) is 16.1. The average Bonchev–Trinajstić information content (AvgIpc) is 3.13. The van der Waals surface area contributed by atoms with Crippen molar-refractivity contribution in [1.82, 2.24) is 0 Å². The van der Waals surface area contributed by atoms with Crippen LogP contribution >= 0.6 is 0 Å². The number of amides is 2. The summed E-state index contributed by atoms with van der Waals surface area (Å²) in [7, 11) is 1.51. The zero-order valence-corrected chi connectivity index (χ0v) is 16.1. The summed E-state index contributed by atoms with van der Waals surface area (Å²) in [5.74, 6) is 0.271. The molecule has 6 nitrogen and oxygen atoms in total. The number of fused-ring (bicyclic) bond motifs is 1. The lowest BCUT2D eigenvalue weighted by Crippen LogP contribution is -2.13. The van der Waals surface area contributed by atoms with Crippen LogP contribution in [-0.4, -0.2) is 18.9 Å². The Morgan fingerprint density at radius 1 is 1.04 bits per heavy atom. The van der Waals surface area contributed by atoms with Crippen molar-refractivity contribution in [2.45, 2.75) is 32.6 Å². The Morgan fingerprint density at radius 2 is 1.86 bits per heavy atom. The van der Waals surface area contributed by atoms with Crippen molar-refractivity contribution >= 4 is 34.2 Å². The number of para-hydroxylation sites is 1. The third-order valence-electron chi connectivity index (χ3n) is 4.39. The lowest BCUT2D eigenvalue weighted by molar-refractivity contribution is -0.116. The maximum absolute atomic E-state index is 12.5. The van der Waals surface area contributed by atoms with Crippen LogP contribution in [-0.2, 0) is 4.79 Å². The standard InChI is InChI=1S/C22H24N2O4/c1-3-4-5-10-21(25)23-16-11-12-17(19(14-16)27-2)24-22(26)20-13-15-8-6-7-9-18(15)28-20/h6-9,11-14H,3-5,10H2,1-2H3,(H,23,25)(H,24,26). The second-order valence-electron chi connectivity index (χ2n) is 6.52. The van der Waals surface area contributed by atoms with Crippen molar-refractivity contribution in [3.8, 4) is 5.75 Å². The van der Waals surface area contributed by atoms with E-state index in [2.05, 4.69) is 17.6 Å². The number of benzene rings is 2. The summed E-state index contributed by atoms with van der Waals surface area (Å²) < 4.78 is 11.0. The van der Waals surface area contributed by atoms with E-state index in [4.69, 9.17) is 9.15 Å². The molecule has 0 spiro atoms. The molecule has 0 unspecified atom stereocenters. The van der Waals surface area contributed by atoms with E-state index in [-0.39, 0.29) is 17.6 Å². The molecule has 2 N–H and O–H groups in total. The minimum absolute atomic E-state index is 0.0328. The molecule has 1 aromatic heterocycles. The molecule has 0 aliphatic heterocycles. The van der Waals surface area contributed by atoms with Crippen LogP contribution in [0.4, 0.5) is 11.4 Å². The second-order valence-corrected chi connectivity index (χ2v) is 6.52. The van der Waals surface area contributed by atoms with Gasteiger partial charge in [0.15, 0.2) is 5.76 Å². The van der Waals surface area contributed by atoms with Crippen LogP contribution in [0, 0.1) is 0 Å². The third-order valence-corrected chi connectivity index (χ3v) is 4.39. The Kier molecular flexibility index (Phi) is 6.32. The van der Waals surface area contributed by atoms with Crippen molar-refractivity contribution in [2.75, 3.05) is 17.7 Å². The Morgan fingerprint density at radius 3 is 2.61 bits per heavy atom. The van der Waals surface area contributed by atoms with Crippen molar-refractivity contribution in [3.63, 3.8) is 0 Å². The number of hydrogen-bond acceptors (Lipinski definition) is 4. The molecule has 0 bridgehead atoms. The molecule has 3 aromatic rings. The van der Waals surface area contributed by atoms with Gasteiger partial charge in [-0.3, -0.25) is 9.59 Å². The molecule has 28 heavy (non-hydrogen) atoms. The quantitative estimate of drug-likeness (QED) is 0.526. The summed E-state index contributed by atoms with van der Waals surface area (Å²) in [5, 5.41) is 6.51. The molecular weight excluding hydrogens is 356 g/mol. The molecule has 0 radical (unpaired) electrons. The van der Waals surface area contributed by atoms with Crippen molar-refractivity contribution < 1.29 is 18.7 Å². The molecule has 0 fully saturated rings. The van der Waals surface area contributed by atoms with E-state index in [0.717, 1.165) is 24.6 Å². The summed E-state index contributed by atoms with van der Waals surface area (Å²) in [6.45, 7) is 2.10. The van der Waals surface area contributed by atoms with Gasteiger partial charge >= 0.3 is 0 Å². The minimum atomic E-state index is -0.370. The Hall–Kier alpha value is -3.28. The van der Waals surface area contributed by atoms with Crippen molar-refractivity contribution in [2.24, 2.45) is 0 Å². The lowest BCUT2D eigenvalue weighted by Gasteiger charge is -2.12. The van der Waals surface area contributed by atoms with E-state index in [1.165, 1.54) is 7.11 Å². The maximum Gasteiger partial charge on any atom is 0.291 e. The Bertz CT molecular complexity index is 945. The van der Waals surface area contributed by atoms with Crippen LogP contribution in [0.1, 0.15) is 43.2 Å². The average molecular weight is 380 g/mol. The highest BCUT2D eigenvalue weighted by atomic mass is 16.5. The fraction of sp³-hybridized carbons (Fsp3) is 0.273. The predicted molar refractivity (Wildman–Crippen MR) is 110 cm³/mol. The number of furan rings is 1. The van der Waals surface area contributed by atoms with Gasteiger partial charge in [0.25, 0.3) is 5.91 Å². The van der Waals surface area contributed by atoms with E-state index in [1.54, 1.807) is 24.3 Å². The molecule has 146 valence electrons. The number of unbranched alkanes of at least 4 members (excludes halogenated alkanes) is 2. The van der Waals surface area contributed by atoms with Gasteiger partial charge in [-0.25, -0.2) is 0 Å². The van der Waals surface area contributed by atoms with Gasteiger partial charge in [0.2, 0.25) is 5.91 Å². The van der Waals surface area contributed by atoms with Gasteiger partial charge in [-0.2, -0.15) is 0 Å². The summed E-state index contributed by atoms with van der Waals surface area (Å²) in [6.07, 6.45) is 3.45. The minimum Gasteiger partial charge on any atom is -0.494 e. The highest BCUT2D eigenvalue weighted by molar-refractivity contribution is 6.05. The summed E-state index contributed by atoms with van der Waals surface area (Å²) in [5.41, 5.74) is 1.78. The maximum atomic E-state index is 12.5. The molecule has 6 heteroatoms. The van der Waals surface area contributed by atoms with Gasteiger partial charge in [-0.1, -0.05) is 38.0 Å². The molecule has 3 rings (SSSR count). The summed E-state index contributed by atoms with van der Waals surface area (Å²) in [4.78, 5) is 24.5. The van der Waals surface area contributed by atoms with Crippen LogP contribution in [0.15, 0.2) is 52.9 Å².